The fourth-order valence-electron chi connectivity index (χ4n) is 0.869. The SMILES string of the molecule is CC.NC1CNCCC1O. The van der Waals surface area contributed by atoms with Crippen LogP contribution in [-0.2, 0) is 0 Å². The molecule has 1 aliphatic heterocycles. The second-order valence-corrected chi connectivity index (χ2v) is 2.22. The maximum Gasteiger partial charge on any atom is 0.0715 e. The summed E-state index contributed by atoms with van der Waals surface area (Å²) in [6.45, 7) is 5.65. The van der Waals surface area contributed by atoms with Crippen LogP contribution in [0.1, 0.15) is 20.3 Å². The smallest absolute Gasteiger partial charge is 0.0715 e. The molecule has 0 saturated carbocycles. The molecular formula is C7H18N2O. The van der Waals surface area contributed by atoms with Crippen molar-refractivity contribution in [2.75, 3.05) is 13.1 Å². The summed E-state index contributed by atoms with van der Waals surface area (Å²) in [5.74, 6) is 0. The first-order chi connectivity index (χ1) is 4.80. The maximum atomic E-state index is 9.01. The molecule has 3 nitrogen and oxygen atoms in total. The highest BCUT2D eigenvalue weighted by molar-refractivity contribution is 4.79. The normalized spacial score (nSPS) is 32.4. The molecular weight excluding hydrogens is 128 g/mol. The quantitative estimate of drug-likeness (QED) is 0.439. The van der Waals surface area contributed by atoms with Gasteiger partial charge in [-0.15, -0.1) is 0 Å². The Labute approximate surface area is 62.6 Å². The van der Waals surface area contributed by atoms with Crippen molar-refractivity contribution in [1.82, 2.24) is 5.32 Å². The molecule has 1 heterocycles. The summed E-state index contributed by atoms with van der Waals surface area (Å²) in [4.78, 5) is 0. The second kappa shape index (κ2) is 5.65. The highest BCUT2D eigenvalue weighted by Gasteiger charge is 2.17. The number of aliphatic hydroxyl groups excluding tert-OH is 1. The van der Waals surface area contributed by atoms with Crippen molar-refractivity contribution in [1.29, 1.82) is 0 Å². The topological polar surface area (TPSA) is 58.3 Å². The zero-order valence-corrected chi connectivity index (χ0v) is 6.80. The van der Waals surface area contributed by atoms with Gasteiger partial charge in [0.1, 0.15) is 0 Å². The van der Waals surface area contributed by atoms with E-state index in [4.69, 9.17) is 10.8 Å². The fraction of sp³-hybridized carbons (Fsp3) is 1.00. The van der Waals surface area contributed by atoms with Gasteiger partial charge in [-0.3, -0.25) is 0 Å². The molecule has 1 aliphatic rings. The van der Waals surface area contributed by atoms with Crippen LogP contribution in [-0.4, -0.2) is 30.3 Å². The summed E-state index contributed by atoms with van der Waals surface area (Å²) >= 11 is 0. The Morgan fingerprint density at radius 1 is 1.50 bits per heavy atom. The first-order valence-corrected chi connectivity index (χ1v) is 3.95. The van der Waals surface area contributed by atoms with Gasteiger partial charge in [-0.2, -0.15) is 0 Å². The van der Waals surface area contributed by atoms with E-state index in [1.165, 1.54) is 0 Å². The molecule has 0 aliphatic carbocycles. The van der Waals surface area contributed by atoms with Crippen LogP contribution in [0.25, 0.3) is 0 Å². The van der Waals surface area contributed by atoms with Crippen molar-refractivity contribution < 1.29 is 5.11 Å². The monoisotopic (exact) mass is 146 g/mol. The maximum absolute atomic E-state index is 9.01. The van der Waals surface area contributed by atoms with Crippen molar-refractivity contribution in [3.63, 3.8) is 0 Å². The number of nitrogens with one attached hydrogen (secondary N) is 1. The molecule has 2 atom stereocenters. The van der Waals surface area contributed by atoms with Crippen molar-refractivity contribution in [2.24, 2.45) is 5.73 Å². The van der Waals surface area contributed by atoms with Crippen LogP contribution < -0.4 is 11.1 Å². The molecule has 0 aromatic rings. The summed E-state index contributed by atoms with van der Waals surface area (Å²) in [5.41, 5.74) is 5.47. The van der Waals surface area contributed by atoms with Gasteiger partial charge in [0.05, 0.1) is 6.10 Å². The van der Waals surface area contributed by atoms with Gasteiger partial charge in [-0.05, 0) is 13.0 Å². The van der Waals surface area contributed by atoms with Crippen LogP contribution in [0, 0.1) is 0 Å². The molecule has 2 unspecified atom stereocenters. The van der Waals surface area contributed by atoms with Crippen molar-refractivity contribution >= 4 is 0 Å². The van der Waals surface area contributed by atoms with Gasteiger partial charge >= 0.3 is 0 Å². The number of piperidine rings is 1. The minimum Gasteiger partial charge on any atom is -0.391 e. The summed E-state index contributed by atoms with van der Waals surface area (Å²) in [7, 11) is 0. The van der Waals surface area contributed by atoms with Crippen molar-refractivity contribution in [3.8, 4) is 0 Å². The van der Waals surface area contributed by atoms with E-state index in [2.05, 4.69) is 5.32 Å². The third-order valence-corrected chi connectivity index (χ3v) is 1.49. The lowest BCUT2D eigenvalue weighted by molar-refractivity contribution is 0.116. The minimum atomic E-state index is -0.281. The van der Waals surface area contributed by atoms with E-state index in [0.717, 1.165) is 19.5 Å². The average Bonchev–Trinajstić information content (AvgIpc) is 2.00. The molecule has 0 amide bonds. The standard InChI is InChI=1S/C5H12N2O.C2H6/c6-4-3-7-2-1-5(4)8;1-2/h4-5,7-8H,1-3,6H2;1-2H3. The molecule has 0 radical (unpaired) electrons. The van der Waals surface area contributed by atoms with Gasteiger partial charge in [0.25, 0.3) is 0 Å². The summed E-state index contributed by atoms with van der Waals surface area (Å²) in [5, 5.41) is 12.1. The van der Waals surface area contributed by atoms with E-state index in [1.54, 1.807) is 0 Å². The van der Waals surface area contributed by atoms with Crippen LogP contribution >= 0.6 is 0 Å². The van der Waals surface area contributed by atoms with E-state index >= 15 is 0 Å². The van der Waals surface area contributed by atoms with Crippen LogP contribution in [0.2, 0.25) is 0 Å². The summed E-state index contributed by atoms with van der Waals surface area (Å²) < 4.78 is 0. The minimum absolute atomic E-state index is 0.0521. The zero-order chi connectivity index (χ0) is 7.98. The highest BCUT2D eigenvalue weighted by Crippen LogP contribution is 1.98. The number of hydrogen-bond acceptors (Lipinski definition) is 3. The number of aliphatic hydroxyl groups is 1. The molecule has 1 saturated heterocycles. The van der Waals surface area contributed by atoms with E-state index < -0.39 is 0 Å². The first-order valence-electron chi connectivity index (χ1n) is 3.95. The summed E-state index contributed by atoms with van der Waals surface area (Å²) in [6, 6.07) is -0.0521. The van der Waals surface area contributed by atoms with Crippen LogP contribution in [0.3, 0.4) is 0 Å². The molecule has 4 N–H and O–H groups in total. The summed E-state index contributed by atoms with van der Waals surface area (Å²) in [6.07, 6.45) is 0.512. The lowest BCUT2D eigenvalue weighted by Crippen LogP contribution is -2.49. The van der Waals surface area contributed by atoms with Crippen LogP contribution in [0.5, 0.6) is 0 Å². The van der Waals surface area contributed by atoms with Crippen molar-refractivity contribution in [3.05, 3.63) is 0 Å². The Bertz CT molecular complexity index is 68.0. The molecule has 10 heavy (non-hydrogen) atoms. The van der Waals surface area contributed by atoms with Gasteiger partial charge in [0.15, 0.2) is 0 Å². The third kappa shape index (κ3) is 3.15. The lowest BCUT2D eigenvalue weighted by atomic mass is 10.1. The molecule has 0 aromatic heterocycles. The Morgan fingerprint density at radius 2 is 2.10 bits per heavy atom. The molecule has 0 bridgehead atoms. The van der Waals surface area contributed by atoms with E-state index in [0.29, 0.717) is 0 Å². The highest BCUT2D eigenvalue weighted by atomic mass is 16.3. The Kier molecular flexibility index (Phi) is 5.58. The number of nitrogens with two attached hydrogens (primary N) is 1. The fourth-order valence-corrected chi connectivity index (χ4v) is 0.869. The second-order valence-electron chi connectivity index (χ2n) is 2.22. The van der Waals surface area contributed by atoms with Crippen LogP contribution in [0.15, 0.2) is 0 Å². The average molecular weight is 146 g/mol. The van der Waals surface area contributed by atoms with Gasteiger partial charge in [-0.25, -0.2) is 0 Å². The van der Waals surface area contributed by atoms with Gasteiger partial charge in [0.2, 0.25) is 0 Å². The predicted octanol–water partition coefficient (Wildman–Crippen LogP) is -0.306. The van der Waals surface area contributed by atoms with E-state index in [-0.39, 0.29) is 12.1 Å². The Morgan fingerprint density at radius 3 is 2.40 bits per heavy atom. The molecule has 0 spiro atoms. The Balaban J connectivity index is 0.000000371. The van der Waals surface area contributed by atoms with E-state index in [1.807, 2.05) is 13.8 Å². The van der Waals surface area contributed by atoms with E-state index in [9.17, 15) is 0 Å². The van der Waals surface area contributed by atoms with Crippen molar-refractivity contribution in [2.45, 2.75) is 32.4 Å². The lowest BCUT2D eigenvalue weighted by Gasteiger charge is -2.24. The van der Waals surface area contributed by atoms with Gasteiger partial charge in [-0.1, -0.05) is 13.8 Å². The largest absolute Gasteiger partial charge is 0.391 e. The third-order valence-electron chi connectivity index (χ3n) is 1.49. The molecule has 1 rings (SSSR count). The predicted molar refractivity (Wildman–Crippen MR) is 42.8 cm³/mol. The zero-order valence-electron chi connectivity index (χ0n) is 6.80. The van der Waals surface area contributed by atoms with Crippen LogP contribution in [0.4, 0.5) is 0 Å². The van der Waals surface area contributed by atoms with Gasteiger partial charge < -0.3 is 16.2 Å². The van der Waals surface area contributed by atoms with Gasteiger partial charge in [0, 0.05) is 12.6 Å². The molecule has 1 fully saturated rings. The molecule has 62 valence electrons. The first kappa shape index (κ1) is 9.88. The Hall–Kier alpha value is -0.120. The molecule has 0 aromatic carbocycles. The number of hydrogen-bond donors (Lipinski definition) is 3. The number of rotatable bonds is 0. The molecule has 3 heteroatoms.